The second-order valence-electron chi connectivity index (χ2n) is 5.62. The highest BCUT2D eigenvalue weighted by Crippen LogP contribution is 2.23. The van der Waals surface area contributed by atoms with Crippen LogP contribution in [0.5, 0.6) is 5.88 Å². The van der Waals surface area contributed by atoms with Crippen LogP contribution in [0.3, 0.4) is 0 Å². The average molecular weight is 376 g/mol. The van der Waals surface area contributed by atoms with E-state index in [-0.39, 0.29) is 18.1 Å². The second kappa shape index (κ2) is 7.55. The fourth-order valence-electron chi connectivity index (χ4n) is 2.71. The van der Waals surface area contributed by atoms with E-state index in [4.69, 9.17) is 4.74 Å². The molecular formula is C17H18BrN3O2. The highest BCUT2D eigenvalue weighted by atomic mass is 79.9. The monoisotopic (exact) mass is 375 g/mol. The maximum atomic E-state index is 12.2. The van der Waals surface area contributed by atoms with Crippen LogP contribution in [0.25, 0.3) is 0 Å². The molecule has 1 aromatic heterocycles. The molecule has 5 nitrogen and oxygen atoms in total. The van der Waals surface area contributed by atoms with E-state index in [0.29, 0.717) is 11.4 Å². The Labute approximate surface area is 143 Å². The maximum Gasteiger partial charge on any atom is 0.251 e. The van der Waals surface area contributed by atoms with Gasteiger partial charge < -0.3 is 10.1 Å². The molecule has 3 rings (SSSR count). The zero-order chi connectivity index (χ0) is 16.1. The summed E-state index contributed by atoms with van der Waals surface area (Å²) in [7, 11) is 0. The van der Waals surface area contributed by atoms with Gasteiger partial charge in [-0.05, 0) is 49.9 Å². The number of ether oxygens (including phenoxy) is 1. The van der Waals surface area contributed by atoms with Gasteiger partial charge in [-0.15, -0.1) is 0 Å². The van der Waals surface area contributed by atoms with Gasteiger partial charge >= 0.3 is 0 Å². The van der Waals surface area contributed by atoms with Gasteiger partial charge in [0.25, 0.3) is 5.91 Å². The molecule has 2 aromatic rings. The molecule has 6 heteroatoms. The van der Waals surface area contributed by atoms with Crippen molar-refractivity contribution in [2.75, 3.05) is 0 Å². The van der Waals surface area contributed by atoms with Crippen molar-refractivity contribution in [1.29, 1.82) is 0 Å². The minimum Gasteiger partial charge on any atom is -0.473 e. The van der Waals surface area contributed by atoms with Crippen LogP contribution < -0.4 is 10.1 Å². The molecule has 0 unspecified atom stereocenters. The van der Waals surface area contributed by atoms with E-state index in [2.05, 4.69) is 31.2 Å². The summed E-state index contributed by atoms with van der Waals surface area (Å²) in [5, 5.41) is 3.10. The lowest BCUT2D eigenvalue weighted by molar-refractivity contribution is 0.0890. The van der Waals surface area contributed by atoms with Crippen LogP contribution in [-0.4, -0.2) is 28.0 Å². The highest BCUT2D eigenvalue weighted by Gasteiger charge is 2.24. The predicted molar refractivity (Wildman–Crippen MR) is 90.3 cm³/mol. The van der Waals surface area contributed by atoms with Crippen LogP contribution in [0, 0.1) is 0 Å². The molecular weight excluding hydrogens is 358 g/mol. The van der Waals surface area contributed by atoms with Gasteiger partial charge in [0, 0.05) is 28.5 Å². The van der Waals surface area contributed by atoms with Crippen LogP contribution in [0.15, 0.2) is 47.3 Å². The fourth-order valence-corrected chi connectivity index (χ4v) is 2.98. The van der Waals surface area contributed by atoms with Crippen molar-refractivity contribution in [3.8, 4) is 5.88 Å². The van der Waals surface area contributed by atoms with Crippen LogP contribution in [0.1, 0.15) is 36.0 Å². The smallest absolute Gasteiger partial charge is 0.251 e. The molecule has 1 fully saturated rings. The summed E-state index contributed by atoms with van der Waals surface area (Å²) in [5.74, 6) is 0.547. The number of rotatable bonds is 4. The molecule has 0 saturated heterocycles. The molecule has 1 aliphatic carbocycles. The number of carbonyl (C=O) groups is 1. The molecule has 0 radical (unpaired) electrons. The van der Waals surface area contributed by atoms with Gasteiger partial charge in [0.05, 0.1) is 6.20 Å². The fraction of sp³-hybridized carbons (Fsp3) is 0.353. The Bertz CT molecular complexity index is 641. The van der Waals surface area contributed by atoms with E-state index < -0.39 is 0 Å². The molecule has 0 aliphatic heterocycles. The highest BCUT2D eigenvalue weighted by molar-refractivity contribution is 9.10. The molecule has 23 heavy (non-hydrogen) atoms. The van der Waals surface area contributed by atoms with Gasteiger partial charge in [-0.2, -0.15) is 0 Å². The first kappa shape index (κ1) is 15.9. The summed E-state index contributed by atoms with van der Waals surface area (Å²) in [6.45, 7) is 0. The average Bonchev–Trinajstić information content (AvgIpc) is 2.58. The summed E-state index contributed by atoms with van der Waals surface area (Å²) in [5.41, 5.74) is 0.686. The van der Waals surface area contributed by atoms with E-state index >= 15 is 0 Å². The van der Waals surface area contributed by atoms with Gasteiger partial charge in [0.15, 0.2) is 0 Å². The lowest BCUT2D eigenvalue weighted by atomic mass is 9.92. The van der Waals surface area contributed by atoms with Crippen molar-refractivity contribution in [1.82, 2.24) is 15.3 Å². The number of hydrogen-bond donors (Lipinski definition) is 1. The maximum absolute atomic E-state index is 12.2. The van der Waals surface area contributed by atoms with E-state index in [1.165, 1.54) is 0 Å². The van der Waals surface area contributed by atoms with Crippen molar-refractivity contribution < 1.29 is 9.53 Å². The number of carbonyl (C=O) groups excluding carboxylic acids is 1. The zero-order valence-corrected chi connectivity index (χ0v) is 14.2. The lowest BCUT2D eigenvalue weighted by Gasteiger charge is -2.29. The topological polar surface area (TPSA) is 64.1 Å². The zero-order valence-electron chi connectivity index (χ0n) is 12.6. The van der Waals surface area contributed by atoms with Gasteiger partial charge in [0.1, 0.15) is 6.10 Å². The van der Waals surface area contributed by atoms with Gasteiger partial charge in [-0.1, -0.05) is 15.9 Å². The summed E-state index contributed by atoms with van der Waals surface area (Å²) < 4.78 is 6.78. The largest absolute Gasteiger partial charge is 0.473 e. The third-order valence-electron chi connectivity index (χ3n) is 3.94. The molecule has 120 valence electrons. The number of nitrogens with zero attached hydrogens (tertiary/aromatic N) is 2. The van der Waals surface area contributed by atoms with Gasteiger partial charge in [-0.25, -0.2) is 4.98 Å². The molecule has 1 heterocycles. The quantitative estimate of drug-likeness (QED) is 0.889. The Hall–Kier alpha value is -1.95. The molecule has 1 saturated carbocycles. The number of amides is 1. The number of halogens is 1. The summed E-state index contributed by atoms with van der Waals surface area (Å²) in [6, 6.07) is 7.60. The van der Waals surface area contributed by atoms with E-state index in [9.17, 15) is 4.79 Å². The van der Waals surface area contributed by atoms with Crippen molar-refractivity contribution in [2.45, 2.75) is 37.8 Å². The standard InChI is InChI=1S/C17H18BrN3O2/c18-13-3-1-12(2-4-13)17(22)21-14-5-7-15(8-6-14)23-16-11-19-9-10-20-16/h1-4,9-11,14-15H,5-8H2,(H,21,22). The van der Waals surface area contributed by atoms with Crippen LogP contribution in [-0.2, 0) is 0 Å². The van der Waals surface area contributed by atoms with Crippen LogP contribution in [0.4, 0.5) is 0 Å². The molecule has 0 bridgehead atoms. The SMILES string of the molecule is O=C(NC1CCC(Oc2cnccn2)CC1)c1ccc(Br)cc1. The number of aromatic nitrogens is 2. The second-order valence-corrected chi connectivity index (χ2v) is 6.53. The molecule has 1 amide bonds. The van der Waals surface area contributed by atoms with Crippen molar-refractivity contribution in [2.24, 2.45) is 0 Å². The van der Waals surface area contributed by atoms with Crippen LogP contribution >= 0.6 is 15.9 Å². The summed E-state index contributed by atoms with van der Waals surface area (Å²) >= 11 is 3.37. The molecule has 1 aromatic carbocycles. The number of hydrogen-bond acceptors (Lipinski definition) is 4. The predicted octanol–water partition coefficient (Wildman–Crippen LogP) is 3.36. The van der Waals surface area contributed by atoms with Crippen LogP contribution in [0.2, 0.25) is 0 Å². The minimum absolute atomic E-state index is 0.0178. The Morgan fingerprint density at radius 1 is 1.13 bits per heavy atom. The normalized spacial score (nSPS) is 20.7. The first-order valence-electron chi connectivity index (χ1n) is 7.70. The Kier molecular flexibility index (Phi) is 5.23. The summed E-state index contributed by atoms with van der Waals surface area (Å²) in [4.78, 5) is 20.3. The van der Waals surface area contributed by atoms with Crippen molar-refractivity contribution in [3.05, 3.63) is 52.9 Å². The number of nitrogens with one attached hydrogen (secondary N) is 1. The first-order chi connectivity index (χ1) is 11.2. The van der Waals surface area contributed by atoms with E-state index in [0.717, 1.165) is 30.2 Å². The third-order valence-corrected chi connectivity index (χ3v) is 4.47. The molecule has 0 spiro atoms. The molecule has 0 atom stereocenters. The van der Waals surface area contributed by atoms with Gasteiger partial charge in [-0.3, -0.25) is 9.78 Å². The first-order valence-corrected chi connectivity index (χ1v) is 8.49. The molecule has 1 aliphatic rings. The minimum atomic E-state index is -0.0178. The molecule has 1 N–H and O–H groups in total. The van der Waals surface area contributed by atoms with E-state index in [1.807, 2.05) is 24.3 Å². The summed E-state index contributed by atoms with van der Waals surface area (Å²) in [6.07, 6.45) is 8.65. The Morgan fingerprint density at radius 2 is 1.87 bits per heavy atom. The van der Waals surface area contributed by atoms with Crippen molar-refractivity contribution >= 4 is 21.8 Å². The third kappa shape index (κ3) is 4.51. The Balaban J connectivity index is 1.47. The lowest BCUT2D eigenvalue weighted by Crippen LogP contribution is -2.39. The Morgan fingerprint density at radius 3 is 2.52 bits per heavy atom. The van der Waals surface area contributed by atoms with Gasteiger partial charge in [0.2, 0.25) is 5.88 Å². The van der Waals surface area contributed by atoms with Crippen molar-refractivity contribution in [3.63, 3.8) is 0 Å². The van der Waals surface area contributed by atoms with E-state index in [1.54, 1.807) is 18.6 Å². The number of benzene rings is 1.